The summed E-state index contributed by atoms with van der Waals surface area (Å²) in [5.74, 6) is 1.67. The number of carbonyl (C=O) groups excluding carboxylic acids is 1. The van der Waals surface area contributed by atoms with Crippen LogP contribution in [0.3, 0.4) is 0 Å². The summed E-state index contributed by atoms with van der Waals surface area (Å²) in [5, 5.41) is 0. The third-order valence-corrected chi connectivity index (χ3v) is 8.38. The first kappa shape index (κ1) is 29.8. The van der Waals surface area contributed by atoms with Gasteiger partial charge in [0.05, 0.1) is 0 Å². The van der Waals surface area contributed by atoms with Crippen LogP contribution in [0.2, 0.25) is 0 Å². The van der Waals surface area contributed by atoms with Gasteiger partial charge in [0, 0.05) is 17.9 Å². The summed E-state index contributed by atoms with van der Waals surface area (Å²) in [6, 6.07) is 28.7. The number of esters is 1. The fourth-order valence-electron chi connectivity index (χ4n) is 6.20. The van der Waals surface area contributed by atoms with Crippen LogP contribution in [0.25, 0.3) is 0 Å². The summed E-state index contributed by atoms with van der Waals surface area (Å²) in [4.78, 5) is 12.8. The second-order valence-corrected chi connectivity index (χ2v) is 12.8. The van der Waals surface area contributed by atoms with E-state index in [0.717, 1.165) is 39.1 Å². The molecule has 2 atom stereocenters. The lowest BCUT2D eigenvalue weighted by Crippen LogP contribution is -2.48. The van der Waals surface area contributed by atoms with Crippen LogP contribution in [0.5, 0.6) is 17.2 Å². The summed E-state index contributed by atoms with van der Waals surface area (Å²) >= 11 is 0. The largest absolute Gasteiger partial charge is 0.490 e. The zero-order valence-electron chi connectivity index (χ0n) is 26.1. The van der Waals surface area contributed by atoms with Gasteiger partial charge in [-0.3, -0.25) is 0 Å². The molecule has 4 aromatic carbocycles. The number of fused-ring (bicyclic) bond motifs is 5. The highest BCUT2D eigenvalue weighted by molar-refractivity contribution is 5.71. The molecule has 228 valence electrons. The molecule has 2 unspecified atom stereocenters. The van der Waals surface area contributed by atoms with Crippen molar-refractivity contribution in [2.75, 3.05) is 13.2 Å². The van der Waals surface area contributed by atoms with Crippen LogP contribution in [0, 0.1) is 13.8 Å². The first-order chi connectivity index (χ1) is 21.1. The Balaban J connectivity index is 1.39. The van der Waals surface area contributed by atoms with Gasteiger partial charge in [0.2, 0.25) is 0 Å². The summed E-state index contributed by atoms with van der Waals surface area (Å²) in [6.07, 6.45) is 0.558. The number of ether oxygens (including phenoxy) is 5. The van der Waals surface area contributed by atoms with Crippen LogP contribution in [0.4, 0.5) is 0 Å². The van der Waals surface area contributed by atoms with Crippen molar-refractivity contribution in [2.24, 2.45) is 0 Å². The third-order valence-electron chi connectivity index (χ3n) is 8.38. The van der Waals surface area contributed by atoms with E-state index in [2.05, 4.69) is 38.1 Å². The molecule has 44 heavy (non-hydrogen) atoms. The fraction of sp³-hybridized carbons (Fsp3) is 0.342. The molecule has 0 spiro atoms. The molecule has 1 aliphatic heterocycles. The molecule has 0 N–H and O–H groups in total. The van der Waals surface area contributed by atoms with Crippen LogP contribution in [-0.2, 0) is 33.9 Å². The van der Waals surface area contributed by atoms with Crippen molar-refractivity contribution >= 4 is 5.97 Å². The Kier molecular flexibility index (Phi) is 8.12. The van der Waals surface area contributed by atoms with E-state index in [0.29, 0.717) is 37.7 Å². The lowest BCUT2D eigenvalue weighted by molar-refractivity contribution is -0.170. The minimum Gasteiger partial charge on any atom is -0.490 e. The van der Waals surface area contributed by atoms with Gasteiger partial charge in [-0.1, -0.05) is 72.8 Å². The summed E-state index contributed by atoms with van der Waals surface area (Å²) in [6.45, 7) is 10.7. The lowest BCUT2D eigenvalue weighted by Gasteiger charge is -2.41. The quantitative estimate of drug-likeness (QED) is 0.186. The normalized spacial score (nSPS) is 18.4. The molecule has 0 saturated heterocycles. The summed E-state index contributed by atoms with van der Waals surface area (Å²) in [5.41, 5.74) is 6.26. The molecule has 6 rings (SSSR count). The minimum absolute atomic E-state index is 0.162. The molecule has 6 heteroatoms. The van der Waals surface area contributed by atoms with Crippen LogP contribution in [0.1, 0.15) is 65.6 Å². The second kappa shape index (κ2) is 12.0. The Morgan fingerprint density at radius 2 is 1.45 bits per heavy atom. The molecular formula is C38H40O6. The first-order valence-corrected chi connectivity index (χ1v) is 15.2. The molecule has 0 aromatic heterocycles. The van der Waals surface area contributed by atoms with Gasteiger partial charge in [0.25, 0.3) is 0 Å². The Hall–Kier alpha value is -4.29. The molecule has 0 fully saturated rings. The van der Waals surface area contributed by atoms with Gasteiger partial charge in [-0.15, -0.1) is 0 Å². The van der Waals surface area contributed by atoms with Gasteiger partial charge in [-0.05, 0) is 80.1 Å². The highest BCUT2D eigenvalue weighted by Crippen LogP contribution is 2.55. The maximum atomic E-state index is 12.8. The van der Waals surface area contributed by atoms with Crippen LogP contribution < -0.4 is 14.2 Å². The van der Waals surface area contributed by atoms with E-state index in [1.807, 2.05) is 81.4 Å². The number of rotatable bonds is 9. The monoisotopic (exact) mass is 592 g/mol. The van der Waals surface area contributed by atoms with E-state index in [1.165, 1.54) is 5.56 Å². The smallest absolute Gasteiger partial charge is 0.332 e. The molecule has 1 heterocycles. The SMILES string of the molecule is Cc1ccc2c(c1C)OCC1(OCC(=O)OC(C)(C)C)Cc3cc(OCc4ccccc4)c(OCc4ccccc4)cc3C21. The Labute approximate surface area is 259 Å². The molecule has 0 amide bonds. The van der Waals surface area contributed by atoms with E-state index in [9.17, 15) is 4.79 Å². The van der Waals surface area contributed by atoms with E-state index >= 15 is 0 Å². The van der Waals surface area contributed by atoms with Crippen LogP contribution in [-0.4, -0.2) is 30.4 Å². The van der Waals surface area contributed by atoms with Crippen molar-refractivity contribution in [3.05, 3.63) is 124 Å². The predicted molar refractivity (Wildman–Crippen MR) is 169 cm³/mol. The van der Waals surface area contributed by atoms with E-state index < -0.39 is 17.2 Å². The highest BCUT2D eigenvalue weighted by atomic mass is 16.6. The number of benzene rings is 4. The summed E-state index contributed by atoms with van der Waals surface area (Å²) in [7, 11) is 0. The fourth-order valence-corrected chi connectivity index (χ4v) is 6.20. The topological polar surface area (TPSA) is 63.2 Å². The van der Waals surface area contributed by atoms with Crippen molar-refractivity contribution in [1.29, 1.82) is 0 Å². The molecule has 2 aliphatic rings. The highest BCUT2D eigenvalue weighted by Gasteiger charge is 2.53. The van der Waals surface area contributed by atoms with Crippen molar-refractivity contribution in [3.63, 3.8) is 0 Å². The number of hydrogen-bond donors (Lipinski definition) is 0. The Bertz CT molecular complexity index is 1640. The van der Waals surface area contributed by atoms with Crippen molar-refractivity contribution in [1.82, 2.24) is 0 Å². The standard InChI is InChI=1S/C38H40O6/c1-25-16-17-30-35-31-19-33(41-22-28-14-10-7-11-15-28)32(40-21-27-12-8-6-9-13-27)18-29(31)20-38(35,24-42-36(30)26(25)2)43-23-34(39)44-37(3,4)5/h6-19,35H,20-24H2,1-5H3. The Morgan fingerprint density at radius 1 is 0.841 bits per heavy atom. The van der Waals surface area contributed by atoms with Gasteiger partial charge >= 0.3 is 5.97 Å². The van der Waals surface area contributed by atoms with E-state index in [-0.39, 0.29) is 12.5 Å². The maximum absolute atomic E-state index is 12.8. The number of carbonyl (C=O) groups is 1. The zero-order valence-corrected chi connectivity index (χ0v) is 26.1. The number of aryl methyl sites for hydroxylation is 1. The van der Waals surface area contributed by atoms with Crippen molar-refractivity contribution in [2.45, 2.75) is 71.4 Å². The Morgan fingerprint density at radius 3 is 2.07 bits per heavy atom. The van der Waals surface area contributed by atoms with Gasteiger partial charge in [0.15, 0.2) is 11.5 Å². The molecular weight excluding hydrogens is 552 g/mol. The van der Waals surface area contributed by atoms with Gasteiger partial charge in [0.1, 0.15) is 43.4 Å². The average molecular weight is 593 g/mol. The third kappa shape index (κ3) is 6.18. The number of hydrogen-bond acceptors (Lipinski definition) is 6. The predicted octanol–water partition coefficient (Wildman–Crippen LogP) is 7.64. The van der Waals surface area contributed by atoms with Gasteiger partial charge < -0.3 is 23.7 Å². The molecule has 6 nitrogen and oxygen atoms in total. The lowest BCUT2D eigenvalue weighted by atomic mass is 9.79. The van der Waals surface area contributed by atoms with Crippen LogP contribution >= 0.6 is 0 Å². The second-order valence-electron chi connectivity index (χ2n) is 12.8. The minimum atomic E-state index is -0.789. The first-order valence-electron chi connectivity index (χ1n) is 15.2. The maximum Gasteiger partial charge on any atom is 0.332 e. The van der Waals surface area contributed by atoms with Crippen molar-refractivity contribution < 1.29 is 28.5 Å². The van der Waals surface area contributed by atoms with E-state index in [1.54, 1.807) is 0 Å². The molecule has 0 saturated carbocycles. The van der Waals surface area contributed by atoms with Gasteiger partial charge in [-0.25, -0.2) is 4.79 Å². The van der Waals surface area contributed by atoms with Gasteiger partial charge in [-0.2, -0.15) is 0 Å². The van der Waals surface area contributed by atoms with E-state index in [4.69, 9.17) is 23.7 Å². The van der Waals surface area contributed by atoms with Crippen molar-refractivity contribution in [3.8, 4) is 17.2 Å². The molecule has 0 bridgehead atoms. The van der Waals surface area contributed by atoms with Crippen LogP contribution in [0.15, 0.2) is 84.9 Å². The molecule has 1 aliphatic carbocycles. The molecule has 4 aromatic rings. The zero-order chi connectivity index (χ0) is 30.9. The average Bonchev–Trinajstić information content (AvgIpc) is 3.33. The molecule has 0 radical (unpaired) electrons. The summed E-state index contributed by atoms with van der Waals surface area (Å²) < 4.78 is 31.5.